The van der Waals surface area contributed by atoms with Crippen LogP contribution < -0.4 is 5.32 Å². The lowest BCUT2D eigenvalue weighted by Crippen LogP contribution is -2.30. The molecular weight excluding hydrogens is 364 g/mol. The second kappa shape index (κ2) is 8.47. The molecule has 0 bridgehead atoms. The van der Waals surface area contributed by atoms with Crippen molar-refractivity contribution in [1.82, 2.24) is 15.4 Å². The van der Waals surface area contributed by atoms with Crippen molar-refractivity contribution in [2.24, 2.45) is 0 Å². The molecule has 3 aromatic rings. The zero-order chi connectivity index (χ0) is 20.1. The van der Waals surface area contributed by atoms with Crippen LogP contribution in [0.1, 0.15) is 30.6 Å². The SMILES string of the molecule is Cc1ccc(-c2nnc(CCC(=O)O[C@H](C)C(=O)Nc3cc(C)on3)o2)cc1. The van der Waals surface area contributed by atoms with Crippen molar-refractivity contribution in [2.75, 3.05) is 5.32 Å². The van der Waals surface area contributed by atoms with Crippen LogP contribution in [0.15, 0.2) is 39.3 Å². The highest BCUT2D eigenvalue weighted by Crippen LogP contribution is 2.19. The number of nitrogens with zero attached hydrogens (tertiary/aromatic N) is 3. The van der Waals surface area contributed by atoms with Crippen molar-refractivity contribution in [2.45, 2.75) is 39.7 Å². The number of hydrogen-bond acceptors (Lipinski definition) is 8. The second-order valence-electron chi connectivity index (χ2n) is 6.31. The van der Waals surface area contributed by atoms with Gasteiger partial charge in [0.2, 0.25) is 11.8 Å². The molecule has 0 spiro atoms. The highest BCUT2D eigenvalue weighted by atomic mass is 16.5. The maximum absolute atomic E-state index is 12.0. The molecule has 9 heteroatoms. The number of carbonyl (C=O) groups excluding carboxylic acids is 2. The number of nitrogens with one attached hydrogen (secondary N) is 1. The molecule has 3 rings (SSSR count). The van der Waals surface area contributed by atoms with E-state index in [-0.39, 0.29) is 18.7 Å². The van der Waals surface area contributed by atoms with Crippen molar-refractivity contribution in [1.29, 1.82) is 0 Å². The standard InChI is InChI=1S/C19H20N4O5/c1-11-4-6-14(7-5-11)19-22-21-16(27-19)8-9-17(24)26-13(3)18(25)20-15-10-12(2)28-23-15/h4-7,10,13H,8-9H2,1-3H3,(H,20,23,25)/t13-/m1/s1. The molecule has 0 unspecified atom stereocenters. The molecule has 9 nitrogen and oxygen atoms in total. The monoisotopic (exact) mass is 384 g/mol. The van der Waals surface area contributed by atoms with Gasteiger partial charge in [-0.05, 0) is 32.9 Å². The van der Waals surface area contributed by atoms with Crippen LogP contribution in [0.5, 0.6) is 0 Å². The minimum absolute atomic E-state index is 0.0101. The molecule has 0 aliphatic heterocycles. The first-order valence-electron chi connectivity index (χ1n) is 8.74. The van der Waals surface area contributed by atoms with Crippen LogP contribution in [-0.4, -0.2) is 33.3 Å². The van der Waals surface area contributed by atoms with Crippen molar-refractivity contribution in [3.63, 3.8) is 0 Å². The van der Waals surface area contributed by atoms with E-state index in [0.29, 0.717) is 17.5 Å². The van der Waals surface area contributed by atoms with E-state index in [0.717, 1.165) is 11.1 Å². The summed E-state index contributed by atoms with van der Waals surface area (Å²) in [7, 11) is 0. The van der Waals surface area contributed by atoms with Gasteiger partial charge in [0.15, 0.2) is 11.9 Å². The molecule has 146 valence electrons. The van der Waals surface area contributed by atoms with E-state index >= 15 is 0 Å². The lowest BCUT2D eigenvalue weighted by molar-refractivity contribution is -0.153. The summed E-state index contributed by atoms with van der Waals surface area (Å²) in [5.41, 5.74) is 1.93. The molecule has 28 heavy (non-hydrogen) atoms. The molecule has 1 atom stereocenters. The fraction of sp³-hybridized carbons (Fsp3) is 0.316. The van der Waals surface area contributed by atoms with Crippen LogP contribution in [0.3, 0.4) is 0 Å². The number of carbonyl (C=O) groups is 2. The minimum atomic E-state index is -0.977. The van der Waals surface area contributed by atoms with Gasteiger partial charge in [-0.15, -0.1) is 10.2 Å². The summed E-state index contributed by atoms with van der Waals surface area (Å²) < 4.78 is 15.5. The van der Waals surface area contributed by atoms with Crippen LogP contribution >= 0.6 is 0 Å². The summed E-state index contributed by atoms with van der Waals surface area (Å²) in [4.78, 5) is 24.0. The first kappa shape index (κ1) is 19.3. The fourth-order valence-electron chi connectivity index (χ4n) is 2.34. The van der Waals surface area contributed by atoms with Gasteiger partial charge in [0, 0.05) is 18.1 Å². The summed E-state index contributed by atoms with van der Waals surface area (Å²) in [6.45, 7) is 5.17. The number of rotatable bonds is 7. The molecular formula is C19H20N4O5. The summed E-state index contributed by atoms with van der Waals surface area (Å²) >= 11 is 0. The van der Waals surface area contributed by atoms with Gasteiger partial charge < -0.3 is 19.0 Å². The quantitative estimate of drug-likeness (QED) is 0.617. The number of esters is 1. The third-order valence-electron chi connectivity index (χ3n) is 3.87. The van der Waals surface area contributed by atoms with Gasteiger partial charge in [-0.1, -0.05) is 22.9 Å². The maximum Gasteiger partial charge on any atom is 0.307 e. The van der Waals surface area contributed by atoms with E-state index in [4.69, 9.17) is 13.7 Å². The van der Waals surface area contributed by atoms with Crippen LogP contribution in [0.25, 0.3) is 11.5 Å². The Morgan fingerprint density at radius 3 is 2.61 bits per heavy atom. The van der Waals surface area contributed by atoms with Gasteiger partial charge in [0.05, 0.1) is 6.42 Å². The van der Waals surface area contributed by atoms with E-state index in [9.17, 15) is 9.59 Å². The maximum atomic E-state index is 12.0. The molecule has 0 fully saturated rings. The van der Waals surface area contributed by atoms with Crippen molar-refractivity contribution in [3.8, 4) is 11.5 Å². The first-order chi connectivity index (χ1) is 13.4. The van der Waals surface area contributed by atoms with Gasteiger partial charge in [0.1, 0.15) is 5.76 Å². The van der Waals surface area contributed by atoms with E-state index in [1.165, 1.54) is 6.92 Å². The zero-order valence-electron chi connectivity index (χ0n) is 15.8. The predicted octanol–water partition coefficient (Wildman–Crippen LogP) is 2.84. The zero-order valence-corrected chi connectivity index (χ0v) is 15.8. The van der Waals surface area contributed by atoms with Gasteiger partial charge in [0.25, 0.3) is 5.91 Å². The van der Waals surface area contributed by atoms with E-state index in [1.807, 2.05) is 31.2 Å². The molecule has 2 heterocycles. The molecule has 1 amide bonds. The lowest BCUT2D eigenvalue weighted by atomic mass is 10.1. The Labute approximate surface area is 161 Å². The highest BCUT2D eigenvalue weighted by molar-refractivity contribution is 5.94. The predicted molar refractivity (Wildman–Crippen MR) is 98.2 cm³/mol. The third-order valence-corrected chi connectivity index (χ3v) is 3.87. The smallest absolute Gasteiger partial charge is 0.307 e. The van der Waals surface area contributed by atoms with E-state index < -0.39 is 18.0 Å². The van der Waals surface area contributed by atoms with Crippen molar-refractivity contribution in [3.05, 3.63) is 47.5 Å². The Kier molecular flexibility index (Phi) is 5.83. The van der Waals surface area contributed by atoms with Gasteiger partial charge in [-0.2, -0.15) is 0 Å². The van der Waals surface area contributed by atoms with Crippen molar-refractivity contribution >= 4 is 17.7 Å². The summed E-state index contributed by atoms with van der Waals surface area (Å²) in [6, 6.07) is 9.23. The molecule has 1 aromatic carbocycles. The van der Waals surface area contributed by atoms with Gasteiger partial charge >= 0.3 is 5.97 Å². The second-order valence-corrected chi connectivity index (χ2v) is 6.31. The number of aryl methyl sites for hydroxylation is 3. The summed E-state index contributed by atoms with van der Waals surface area (Å²) in [6.07, 6.45) is -0.750. The Balaban J connectivity index is 1.47. The molecule has 1 N–H and O–H groups in total. The number of amides is 1. The molecule has 0 aliphatic carbocycles. The number of hydrogen-bond donors (Lipinski definition) is 1. The Morgan fingerprint density at radius 2 is 1.93 bits per heavy atom. The first-order valence-corrected chi connectivity index (χ1v) is 8.74. The topological polar surface area (TPSA) is 120 Å². The van der Waals surface area contributed by atoms with Crippen LogP contribution in [0.4, 0.5) is 5.82 Å². The molecule has 0 saturated heterocycles. The minimum Gasteiger partial charge on any atom is -0.453 e. The third kappa shape index (κ3) is 5.03. The van der Waals surface area contributed by atoms with E-state index in [1.54, 1.807) is 13.0 Å². The number of benzene rings is 1. The average molecular weight is 384 g/mol. The van der Waals surface area contributed by atoms with E-state index in [2.05, 4.69) is 20.7 Å². The molecule has 0 radical (unpaired) electrons. The average Bonchev–Trinajstić information content (AvgIpc) is 3.29. The Morgan fingerprint density at radius 1 is 1.18 bits per heavy atom. The Bertz CT molecular complexity index is 961. The van der Waals surface area contributed by atoms with Crippen LogP contribution in [0.2, 0.25) is 0 Å². The lowest BCUT2D eigenvalue weighted by Gasteiger charge is -2.11. The number of ether oxygens (including phenoxy) is 1. The van der Waals surface area contributed by atoms with Gasteiger partial charge in [-0.3, -0.25) is 9.59 Å². The molecule has 0 saturated carbocycles. The Hall–Kier alpha value is -3.49. The van der Waals surface area contributed by atoms with Crippen LogP contribution in [-0.2, 0) is 20.7 Å². The number of aromatic nitrogens is 3. The number of anilines is 1. The summed E-state index contributed by atoms with van der Waals surface area (Å²) in [5.74, 6) is 0.487. The normalized spacial score (nSPS) is 11.8. The van der Waals surface area contributed by atoms with Crippen LogP contribution in [0, 0.1) is 13.8 Å². The van der Waals surface area contributed by atoms with Crippen molar-refractivity contribution < 1.29 is 23.3 Å². The summed E-state index contributed by atoms with van der Waals surface area (Å²) in [5, 5.41) is 14.1. The highest BCUT2D eigenvalue weighted by Gasteiger charge is 2.20. The fourth-order valence-corrected chi connectivity index (χ4v) is 2.34. The molecule has 0 aliphatic rings. The van der Waals surface area contributed by atoms with Gasteiger partial charge in [-0.25, -0.2) is 0 Å². The molecule has 2 aromatic heterocycles. The largest absolute Gasteiger partial charge is 0.453 e.